The van der Waals surface area contributed by atoms with Gasteiger partial charge in [-0.2, -0.15) is 0 Å². The zero-order chi connectivity index (χ0) is 7.68. The van der Waals surface area contributed by atoms with Crippen molar-refractivity contribution in [1.29, 1.82) is 0 Å². The van der Waals surface area contributed by atoms with Crippen LogP contribution < -0.4 is 5.32 Å². The molecule has 1 N–H and O–H groups in total. The molecule has 2 atom stereocenters. The maximum atomic E-state index is 4.01. The Morgan fingerprint density at radius 1 is 1.55 bits per heavy atom. The second-order valence-corrected chi connectivity index (χ2v) is 3.61. The van der Waals surface area contributed by atoms with Crippen molar-refractivity contribution < 1.29 is 0 Å². The maximum Gasteiger partial charge on any atom is 0.0164 e. The quantitative estimate of drug-likeness (QED) is 0.518. The number of fused-ring (bicyclic) bond motifs is 1. The van der Waals surface area contributed by atoms with Gasteiger partial charge in [0.25, 0.3) is 0 Å². The Bertz CT molecular complexity index is 193. The van der Waals surface area contributed by atoms with Gasteiger partial charge < -0.3 is 5.32 Å². The number of rotatable bonds is 0. The van der Waals surface area contributed by atoms with Crippen LogP contribution in [0.2, 0.25) is 0 Å². The molecule has 1 heterocycles. The smallest absolute Gasteiger partial charge is 0.0164 e. The molecule has 1 nitrogen and oxygen atoms in total. The van der Waals surface area contributed by atoms with Crippen molar-refractivity contribution in [3.63, 3.8) is 0 Å². The Kier molecular flexibility index (Phi) is 1.82. The van der Waals surface area contributed by atoms with Crippen molar-refractivity contribution in [1.82, 2.24) is 5.32 Å². The molecule has 1 aliphatic heterocycles. The van der Waals surface area contributed by atoms with Gasteiger partial charge in [0.15, 0.2) is 0 Å². The summed E-state index contributed by atoms with van der Waals surface area (Å²) in [5.74, 6) is 0.741. The summed E-state index contributed by atoms with van der Waals surface area (Å²) in [6, 6.07) is 0.741. The van der Waals surface area contributed by atoms with Gasteiger partial charge in [-0.05, 0) is 25.2 Å². The number of hydrogen-bond donors (Lipinski definition) is 1. The summed E-state index contributed by atoms with van der Waals surface area (Å²) in [6.07, 6.45) is 8.43. The Morgan fingerprint density at radius 3 is 3.36 bits per heavy atom. The van der Waals surface area contributed by atoms with Crippen molar-refractivity contribution in [3.8, 4) is 0 Å². The van der Waals surface area contributed by atoms with Crippen LogP contribution in [0.5, 0.6) is 0 Å². The van der Waals surface area contributed by atoms with Crippen molar-refractivity contribution in [2.45, 2.75) is 25.3 Å². The molecule has 1 heteroatoms. The molecule has 2 aliphatic rings. The predicted octanol–water partition coefficient (Wildman–Crippen LogP) is 1.87. The van der Waals surface area contributed by atoms with Crippen molar-refractivity contribution in [2.75, 3.05) is 6.54 Å². The molecular formula is C10H15N. The first kappa shape index (κ1) is 7.11. The summed E-state index contributed by atoms with van der Waals surface area (Å²) in [5.41, 5.74) is 1.36. The van der Waals surface area contributed by atoms with E-state index in [9.17, 15) is 0 Å². The van der Waals surface area contributed by atoms with E-state index in [0.29, 0.717) is 0 Å². The topological polar surface area (TPSA) is 12.0 Å². The Balaban J connectivity index is 2.08. The number of hydrogen-bond acceptors (Lipinski definition) is 1. The molecule has 0 amide bonds. The average molecular weight is 149 g/mol. The fraction of sp³-hybridized carbons (Fsp3) is 0.600. The Labute approximate surface area is 68.2 Å². The summed E-state index contributed by atoms with van der Waals surface area (Å²) in [7, 11) is 0. The van der Waals surface area contributed by atoms with E-state index in [1.807, 2.05) is 0 Å². The summed E-state index contributed by atoms with van der Waals surface area (Å²) >= 11 is 0. The van der Waals surface area contributed by atoms with Crippen LogP contribution >= 0.6 is 0 Å². The normalized spacial score (nSPS) is 36.9. The fourth-order valence-corrected chi connectivity index (χ4v) is 2.04. The lowest BCUT2D eigenvalue weighted by Crippen LogP contribution is -2.42. The standard InChI is InChI=1S/C10H15N/c1-8-6-9-4-2-3-5-10(9)11-7-8/h2,4,9-11H,1,3,5-7H2. The molecule has 11 heavy (non-hydrogen) atoms. The lowest BCUT2D eigenvalue weighted by Gasteiger charge is -2.34. The highest BCUT2D eigenvalue weighted by molar-refractivity contribution is 5.12. The van der Waals surface area contributed by atoms with Crippen LogP contribution in [0.1, 0.15) is 19.3 Å². The molecule has 1 aliphatic carbocycles. The van der Waals surface area contributed by atoms with Gasteiger partial charge in [-0.15, -0.1) is 0 Å². The number of allylic oxidation sites excluding steroid dienone is 1. The largest absolute Gasteiger partial charge is 0.310 e. The summed E-state index contributed by atoms with van der Waals surface area (Å²) in [6.45, 7) is 5.05. The molecule has 2 unspecified atom stereocenters. The monoisotopic (exact) mass is 149 g/mol. The zero-order valence-electron chi connectivity index (χ0n) is 6.84. The summed E-state index contributed by atoms with van der Waals surface area (Å²) in [4.78, 5) is 0. The van der Waals surface area contributed by atoms with Gasteiger partial charge in [-0.3, -0.25) is 0 Å². The first-order valence-corrected chi connectivity index (χ1v) is 4.43. The highest BCUT2D eigenvalue weighted by Gasteiger charge is 2.25. The average Bonchev–Trinajstić information content (AvgIpc) is 2.04. The van der Waals surface area contributed by atoms with Crippen LogP contribution in [0.3, 0.4) is 0 Å². The van der Waals surface area contributed by atoms with E-state index >= 15 is 0 Å². The third kappa shape index (κ3) is 1.38. The second kappa shape index (κ2) is 2.82. The molecule has 0 bridgehead atoms. The van der Waals surface area contributed by atoms with Crippen molar-refractivity contribution >= 4 is 0 Å². The van der Waals surface area contributed by atoms with E-state index in [4.69, 9.17) is 0 Å². The Hall–Kier alpha value is -0.560. The molecule has 0 spiro atoms. The molecule has 0 radical (unpaired) electrons. The minimum atomic E-state index is 0.741. The van der Waals surface area contributed by atoms with Crippen LogP contribution in [0.4, 0.5) is 0 Å². The lowest BCUT2D eigenvalue weighted by molar-refractivity contribution is 0.347. The maximum absolute atomic E-state index is 4.01. The van der Waals surface area contributed by atoms with E-state index in [0.717, 1.165) is 18.5 Å². The highest BCUT2D eigenvalue weighted by atomic mass is 14.9. The van der Waals surface area contributed by atoms with E-state index < -0.39 is 0 Å². The highest BCUT2D eigenvalue weighted by Crippen LogP contribution is 2.27. The summed E-state index contributed by atoms with van der Waals surface area (Å²) < 4.78 is 0. The van der Waals surface area contributed by atoms with Gasteiger partial charge >= 0.3 is 0 Å². The molecule has 0 aromatic rings. The van der Waals surface area contributed by atoms with Crippen LogP contribution in [-0.2, 0) is 0 Å². The van der Waals surface area contributed by atoms with E-state index in [1.165, 1.54) is 24.8 Å². The molecule has 1 fully saturated rings. The van der Waals surface area contributed by atoms with Gasteiger partial charge in [0, 0.05) is 12.6 Å². The van der Waals surface area contributed by atoms with Gasteiger partial charge in [-0.25, -0.2) is 0 Å². The predicted molar refractivity (Wildman–Crippen MR) is 47.4 cm³/mol. The zero-order valence-corrected chi connectivity index (χ0v) is 6.84. The number of piperidine rings is 1. The van der Waals surface area contributed by atoms with E-state index in [1.54, 1.807) is 0 Å². The van der Waals surface area contributed by atoms with Crippen LogP contribution in [0.25, 0.3) is 0 Å². The first-order chi connectivity index (χ1) is 5.36. The van der Waals surface area contributed by atoms with Gasteiger partial charge in [0.2, 0.25) is 0 Å². The number of nitrogens with one attached hydrogen (secondary N) is 1. The Morgan fingerprint density at radius 2 is 2.45 bits per heavy atom. The van der Waals surface area contributed by atoms with E-state index in [-0.39, 0.29) is 0 Å². The molecule has 2 rings (SSSR count). The first-order valence-electron chi connectivity index (χ1n) is 4.43. The third-order valence-electron chi connectivity index (χ3n) is 2.68. The van der Waals surface area contributed by atoms with Crippen molar-refractivity contribution in [2.24, 2.45) is 5.92 Å². The summed E-state index contributed by atoms with van der Waals surface area (Å²) in [5, 5.41) is 3.52. The molecule has 0 aromatic heterocycles. The van der Waals surface area contributed by atoms with Crippen molar-refractivity contribution in [3.05, 3.63) is 24.3 Å². The minimum Gasteiger partial charge on any atom is -0.310 e. The molecule has 0 aromatic carbocycles. The molecular weight excluding hydrogens is 134 g/mol. The minimum absolute atomic E-state index is 0.741. The molecule has 1 saturated heterocycles. The van der Waals surface area contributed by atoms with Crippen LogP contribution in [0.15, 0.2) is 24.3 Å². The van der Waals surface area contributed by atoms with Crippen LogP contribution in [0, 0.1) is 5.92 Å². The SMILES string of the molecule is C=C1CNC2CCC=CC2C1. The molecule has 0 saturated carbocycles. The van der Waals surface area contributed by atoms with Gasteiger partial charge in [0.1, 0.15) is 0 Å². The van der Waals surface area contributed by atoms with E-state index in [2.05, 4.69) is 24.0 Å². The second-order valence-electron chi connectivity index (χ2n) is 3.61. The third-order valence-corrected chi connectivity index (χ3v) is 2.68. The van der Waals surface area contributed by atoms with Crippen LogP contribution in [-0.4, -0.2) is 12.6 Å². The van der Waals surface area contributed by atoms with Gasteiger partial charge in [0.05, 0.1) is 0 Å². The lowest BCUT2D eigenvalue weighted by atomic mass is 9.83. The fourth-order valence-electron chi connectivity index (χ4n) is 2.04. The van der Waals surface area contributed by atoms with Gasteiger partial charge in [-0.1, -0.05) is 24.3 Å². The molecule has 60 valence electrons.